The topological polar surface area (TPSA) is 147 Å². The minimum Gasteiger partial charge on any atom is -0.465 e. The lowest BCUT2D eigenvalue weighted by Gasteiger charge is -2.06. The van der Waals surface area contributed by atoms with E-state index in [0.717, 1.165) is 45.0 Å². The third-order valence-corrected chi connectivity index (χ3v) is 6.06. The Hall–Kier alpha value is -4.45. The van der Waals surface area contributed by atoms with E-state index in [4.69, 9.17) is 4.74 Å². The smallest absolute Gasteiger partial charge is 0.326 e. The molecule has 0 atom stereocenters. The van der Waals surface area contributed by atoms with Gasteiger partial charge in [0.2, 0.25) is 0 Å². The van der Waals surface area contributed by atoms with E-state index in [9.17, 15) is 29.8 Å². The SMILES string of the molecule is CCOC(=O)Cn1c(=NC(=O)c2cc([N+](=O)[O-])cc([N+](=O)[O-])c2)sc2c3ccccc3ccc21. The number of esters is 1. The minimum absolute atomic E-state index is 0.151. The maximum Gasteiger partial charge on any atom is 0.326 e. The number of non-ortho nitro benzene ring substituents is 2. The van der Waals surface area contributed by atoms with Gasteiger partial charge in [-0.2, -0.15) is 4.99 Å². The number of fused-ring (bicyclic) bond motifs is 3. The molecule has 0 aliphatic carbocycles. The Balaban J connectivity index is 1.92. The van der Waals surface area contributed by atoms with E-state index in [0.29, 0.717) is 5.52 Å². The predicted octanol–water partition coefficient (Wildman–Crippen LogP) is 3.98. The zero-order chi connectivity index (χ0) is 24.4. The second-order valence-electron chi connectivity index (χ2n) is 7.08. The number of rotatable bonds is 6. The van der Waals surface area contributed by atoms with Gasteiger partial charge < -0.3 is 9.30 Å². The van der Waals surface area contributed by atoms with E-state index in [1.54, 1.807) is 13.0 Å². The molecule has 0 aliphatic rings. The van der Waals surface area contributed by atoms with Crippen LogP contribution in [0.3, 0.4) is 0 Å². The summed E-state index contributed by atoms with van der Waals surface area (Å²) in [7, 11) is 0. The first-order valence-electron chi connectivity index (χ1n) is 9.98. The highest BCUT2D eigenvalue weighted by molar-refractivity contribution is 7.17. The molecule has 0 bridgehead atoms. The van der Waals surface area contributed by atoms with E-state index in [2.05, 4.69) is 4.99 Å². The van der Waals surface area contributed by atoms with E-state index in [-0.39, 0.29) is 23.5 Å². The fraction of sp³-hybridized carbons (Fsp3) is 0.136. The summed E-state index contributed by atoms with van der Waals surface area (Å²) < 4.78 is 7.35. The van der Waals surface area contributed by atoms with Crippen LogP contribution in [0.4, 0.5) is 11.4 Å². The minimum atomic E-state index is -0.916. The van der Waals surface area contributed by atoms with Crippen molar-refractivity contribution >= 4 is 55.6 Å². The Kier molecular flexibility index (Phi) is 6.15. The number of aromatic nitrogens is 1. The molecule has 1 amide bonds. The summed E-state index contributed by atoms with van der Waals surface area (Å²) in [5.74, 6) is -1.45. The van der Waals surface area contributed by atoms with Crippen molar-refractivity contribution < 1.29 is 24.2 Å². The zero-order valence-electron chi connectivity index (χ0n) is 17.7. The van der Waals surface area contributed by atoms with E-state index >= 15 is 0 Å². The first-order chi connectivity index (χ1) is 16.3. The van der Waals surface area contributed by atoms with Crippen molar-refractivity contribution in [3.63, 3.8) is 0 Å². The van der Waals surface area contributed by atoms with Crippen LogP contribution in [-0.4, -0.2) is 32.9 Å². The summed E-state index contributed by atoms with van der Waals surface area (Å²) in [5, 5.41) is 24.2. The summed E-state index contributed by atoms with van der Waals surface area (Å²) in [5.41, 5.74) is -0.872. The molecule has 4 aromatic rings. The maximum absolute atomic E-state index is 12.9. The van der Waals surface area contributed by atoms with Crippen LogP contribution in [0.1, 0.15) is 17.3 Å². The van der Waals surface area contributed by atoms with Crippen LogP contribution in [0.25, 0.3) is 21.0 Å². The van der Waals surface area contributed by atoms with Gasteiger partial charge in [0.15, 0.2) is 4.80 Å². The lowest BCUT2D eigenvalue weighted by Crippen LogP contribution is -2.23. The van der Waals surface area contributed by atoms with Gasteiger partial charge >= 0.3 is 5.97 Å². The second-order valence-corrected chi connectivity index (χ2v) is 8.06. The number of nitrogens with zero attached hydrogens (tertiary/aromatic N) is 4. The zero-order valence-corrected chi connectivity index (χ0v) is 18.5. The number of thiazole rings is 1. The number of carbonyl (C=O) groups excluding carboxylic acids is 2. The predicted molar refractivity (Wildman–Crippen MR) is 124 cm³/mol. The van der Waals surface area contributed by atoms with Gasteiger partial charge in [0.05, 0.1) is 38.3 Å². The van der Waals surface area contributed by atoms with Gasteiger partial charge in [-0.15, -0.1) is 0 Å². The molecule has 0 saturated heterocycles. The Morgan fingerprint density at radius 2 is 1.71 bits per heavy atom. The molecular formula is C22H16N4O7S. The third kappa shape index (κ3) is 4.38. The van der Waals surface area contributed by atoms with Gasteiger partial charge in [0, 0.05) is 17.5 Å². The highest BCUT2D eigenvalue weighted by Gasteiger charge is 2.21. The highest BCUT2D eigenvalue weighted by Crippen LogP contribution is 2.28. The molecule has 3 aromatic carbocycles. The van der Waals surface area contributed by atoms with Gasteiger partial charge in [-0.25, -0.2) is 0 Å². The highest BCUT2D eigenvalue weighted by atomic mass is 32.1. The van der Waals surface area contributed by atoms with Crippen molar-refractivity contribution in [1.29, 1.82) is 0 Å². The Bertz CT molecular complexity index is 1520. The van der Waals surface area contributed by atoms with E-state index in [1.807, 2.05) is 30.3 Å². The van der Waals surface area contributed by atoms with Crippen LogP contribution in [0.15, 0.2) is 59.6 Å². The van der Waals surface area contributed by atoms with E-state index < -0.39 is 33.1 Å². The molecule has 4 rings (SSSR count). The average molecular weight is 480 g/mol. The number of amides is 1. The normalized spacial score (nSPS) is 11.6. The van der Waals surface area contributed by atoms with Gasteiger partial charge in [0.1, 0.15) is 6.54 Å². The van der Waals surface area contributed by atoms with Gasteiger partial charge in [-0.05, 0) is 18.4 Å². The molecule has 34 heavy (non-hydrogen) atoms. The summed E-state index contributed by atoms with van der Waals surface area (Å²) in [6, 6.07) is 13.9. The van der Waals surface area contributed by atoms with Crippen molar-refractivity contribution in [2.24, 2.45) is 4.99 Å². The van der Waals surface area contributed by atoms with Crippen molar-refractivity contribution in [2.75, 3.05) is 6.61 Å². The lowest BCUT2D eigenvalue weighted by molar-refractivity contribution is -0.394. The van der Waals surface area contributed by atoms with Crippen molar-refractivity contribution in [1.82, 2.24) is 4.57 Å². The molecule has 11 nitrogen and oxygen atoms in total. The quantitative estimate of drug-likeness (QED) is 0.230. The summed E-state index contributed by atoms with van der Waals surface area (Å²) >= 11 is 1.16. The molecule has 0 fully saturated rings. The van der Waals surface area contributed by atoms with Crippen molar-refractivity contribution in [3.8, 4) is 0 Å². The summed E-state index contributed by atoms with van der Waals surface area (Å²) in [6.45, 7) is 1.63. The molecular weight excluding hydrogens is 464 g/mol. The van der Waals surface area contributed by atoms with Crippen LogP contribution in [0.2, 0.25) is 0 Å². The fourth-order valence-electron chi connectivity index (χ4n) is 3.45. The molecule has 0 aliphatic heterocycles. The molecule has 0 unspecified atom stereocenters. The fourth-order valence-corrected chi connectivity index (χ4v) is 4.62. The summed E-state index contributed by atoms with van der Waals surface area (Å²) in [4.78, 5) is 50.1. The molecule has 172 valence electrons. The Labute approximate surface area is 194 Å². The Morgan fingerprint density at radius 1 is 1.03 bits per heavy atom. The number of ether oxygens (including phenoxy) is 1. The summed E-state index contributed by atoms with van der Waals surface area (Å²) in [6.07, 6.45) is 0. The van der Waals surface area contributed by atoms with Crippen LogP contribution in [0, 0.1) is 20.2 Å². The lowest BCUT2D eigenvalue weighted by atomic mass is 10.1. The number of benzene rings is 3. The first-order valence-corrected chi connectivity index (χ1v) is 10.8. The molecule has 12 heteroatoms. The molecule has 1 aromatic heterocycles. The van der Waals surface area contributed by atoms with Crippen LogP contribution in [0.5, 0.6) is 0 Å². The van der Waals surface area contributed by atoms with Crippen molar-refractivity contribution in [3.05, 3.63) is 85.2 Å². The second kappa shape index (κ2) is 9.19. The van der Waals surface area contributed by atoms with Gasteiger partial charge in [-0.1, -0.05) is 41.7 Å². The molecule has 0 saturated carbocycles. The van der Waals surface area contributed by atoms with Crippen LogP contribution < -0.4 is 4.80 Å². The maximum atomic E-state index is 12.9. The van der Waals surface area contributed by atoms with Crippen LogP contribution in [-0.2, 0) is 16.1 Å². The van der Waals surface area contributed by atoms with Crippen LogP contribution >= 0.6 is 11.3 Å². The number of nitro groups is 2. The Morgan fingerprint density at radius 3 is 2.35 bits per heavy atom. The third-order valence-electron chi connectivity index (χ3n) is 4.93. The van der Waals surface area contributed by atoms with Gasteiger partial charge in [-0.3, -0.25) is 29.8 Å². The number of hydrogen-bond acceptors (Lipinski definition) is 8. The monoisotopic (exact) mass is 480 g/mol. The van der Waals surface area contributed by atoms with Gasteiger partial charge in [0.25, 0.3) is 17.3 Å². The molecule has 1 heterocycles. The first kappa shape index (κ1) is 22.7. The average Bonchev–Trinajstić information content (AvgIpc) is 3.16. The van der Waals surface area contributed by atoms with Crippen molar-refractivity contribution in [2.45, 2.75) is 13.5 Å². The number of carbonyl (C=O) groups is 2. The molecule has 0 spiro atoms. The van der Waals surface area contributed by atoms with E-state index in [1.165, 1.54) is 4.57 Å². The molecule has 0 N–H and O–H groups in total. The standard InChI is InChI=1S/C22H16N4O7S/c1-2-33-19(27)12-24-18-8-7-13-5-3-4-6-17(13)20(18)34-22(24)23-21(28)14-9-15(25(29)30)11-16(10-14)26(31)32/h3-11H,2,12H2,1H3. The molecule has 0 radical (unpaired) electrons. The number of nitro benzene ring substituents is 2. The number of hydrogen-bond donors (Lipinski definition) is 0. The largest absolute Gasteiger partial charge is 0.465 e.